The van der Waals surface area contributed by atoms with Crippen LogP contribution in [0, 0.1) is 13.8 Å². The largest absolute Gasteiger partial charge is 0.417 e. The van der Waals surface area contributed by atoms with Crippen molar-refractivity contribution in [2.24, 2.45) is 5.84 Å². The van der Waals surface area contributed by atoms with E-state index in [1.54, 1.807) is 0 Å². The van der Waals surface area contributed by atoms with Crippen molar-refractivity contribution in [2.75, 3.05) is 0 Å². The molecule has 0 aliphatic carbocycles. The van der Waals surface area contributed by atoms with E-state index in [1.165, 1.54) is 6.07 Å². The van der Waals surface area contributed by atoms with Gasteiger partial charge in [0.2, 0.25) is 0 Å². The maximum Gasteiger partial charge on any atom is 0.417 e. The zero-order chi connectivity index (χ0) is 15.6. The maximum atomic E-state index is 12.6. The van der Waals surface area contributed by atoms with Crippen LogP contribution in [0.3, 0.4) is 0 Å². The topological polar surface area (TPSA) is 50.9 Å². The number of hydrazine groups is 1. The summed E-state index contributed by atoms with van der Waals surface area (Å²) in [5.41, 5.74) is 5.26. The van der Waals surface area contributed by atoms with Crippen LogP contribution in [0.2, 0.25) is 0 Å². The summed E-state index contributed by atoms with van der Waals surface area (Å²) in [7, 11) is 0. The molecule has 1 atom stereocenters. The zero-order valence-electron chi connectivity index (χ0n) is 11.7. The number of nitrogens with zero attached hydrogens (tertiary/aromatic N) is 1. The van der Waals surface area contributed by atoms with Crippen LogP contribution in [0.4, 0.5) is 13.2 Å². The van der Waals surface area contributed by atoms with Crippen LogP contribution in [0.1, 0.15) is 34.0 Å². The highest BCUT2D eigenvalue weighted by atomic mass is 19.4. The lowest BCUT2D eigenvalue weighted by atomic mass is 9.97. The number of nitrogens with two attached hydrogens (primary N) is 1. The van der Waals surface area contributed by atoms with Crippen molar-refractivity contribution in [2.45, 2.75) is 26.1 Å². The molecule has 2 aromatic rings. The lowest BCUT2D eigenvalue weighted by Crippen LogP contribution is -2.30. The molecule has 0 radical (unpaired) electrons. The van der Waals surface area contributed by atoms with Gasteiger partial charge in [-0.2, -0.15) is 13.2 Å². The molecule has 0 bridgehead atoms. The Balaban J connectivity index is 2.37. The number of hydrogen-bond acceptors (Lipinski definition) is 3. The zero-order valence-corrected chi connectivity index (χ0v) is 11.7. The van der Waals surface area contributed by atoms with Crippen LogP contribution in [0.25, 0.3) is 0 Å². The lowest BCUT2D eigenvalue weighted by Gasteiger charge is -2.19. The number of benzene rings is 1. The molecule has 0 fully saturated rings. The quantitative estimate of drug-likeness (QED) is 0.675. The van der Waals surface area contributed by atoms with E-state index < -0.39 is 17.8 Å². The third-order valence-electron chi connectivity index (χ3n) is 3.31. The van der Waals surface area contributed by atoms with Gasteiger partial charge in [-0.15, -0.1) is 0 Å². The predicted octanol–water partition coefficient (Wildman–Crippen LogP) is 3.27. The Bertz CT molecular complexity index is 621. The molecule has 112 valence electrons. The molecule has 3 N–H and O–H groups in total. The summed E-state index contributed by atoms with van der Waals surface area (Å²) in [5, 5.41) is 0. The molecule has 1 aromatic heterocycles. The number of pyridine rings is 1. The monoisotopic (exact) mass is 295 g/mol. The highest BCUT2D eigenvalue weighted by Gasteiger charge is 2.31. The number of rotatable bonds is 3. The molecule has 1 heterocycles. The first-order valence-electron chi connectivity index (χ1n) is 6.39. The fraction of sp³-hybridized carbons (Fsp3) is 0.267. The summed E-state index contributed by atoms with van der Waals surface area (Å²) < 4.78 is 37.7. The summed E-state index contributed by atoms with van der Waals surface area (Å²) in [6, 6.07) is 7.71. The number of hydrogen-bond donors (Lipinski definition) is 2. The highest BCUT2D eigenvalue weighted by Crippen LogP contribution is 2.30. The Morgan fingerprint density at radius 1 is 1.14 bits per heavy atom. The van der Waals surface area contributed by atoms with E-state index in [1.807, 2.05) is 32.0 Å². The van der Waals surface area contributed by atoms with E-state index in [-0.39, 0.29) is 0 Å². The van der Waals surface area contributed by atoms with Gasteiger partial charge < -0.3 is 0 Å². The minimum atomic E-state index is -4.39. The summed E-state index contributed by atoms with van der Waals surface area (Å²) in [5.74, 6) is 5.56. The normalized spacial score (nSPS) is 13.2. The van der Waals surface area contributed by atoms with Gasteiger partial charge in [0.1, 0.15) is 0 Å². The van der Waals surface area contributed by atoms with Crippen LogP contribution >= 0.6 is 0 Å². The van der Waals surface area contributed by atoms with Gasteiger partial charge in [0, 0.05) is 6.20 Å². The van der Waals surface area contributed by atoms with Gasteiger partial charge in [0.25, 0.3) is 0 Å². The standard InChI is InChI=1S/C15H16F3N3/c1-9-3-5-12(10(2)7-9)14(21-19)13-6-4-11(8-20-13)15(16,17)18/h3-8,14,21H,19H2,1-2H3. The van der Waals surface area contributed by atoms with Crippen molar-refractivity contribution < 1.29 is 13.2 Å². The molecule has 0 saturated carbocycles. The molecule has 1 unspecified atom stereocenters. The van der Waals surface area contributed by atoms with Crippen molar-refractivity contribution in [1.82, 2.24) is 10.4 Å². The molecular weight excluding hydrogens is 279 g/mol. The first kappa shape index (κ1) is 15.5. The van der Waals surface area contributed by atoms with Crippen LogP contribution in [0.5, 0.6) is 0 Å². The second-order valence-corrected chi connectivity index (χ2v) is 4.93. The van der Waals surface area contributed by atoms with Gasteiger partial charge in [-0.1, -0.05) is 23.8 Å². The van der Waals surface area contributed by atoms with Gasteiger partial charge in [-0.25, -0.2) is 5.43 Å². The smallest absolute Gasteiger partial charge is 0.271 e. The van der Waals surface area contributed by atoms with E-state index in [9.17, 15) is 13.2 Å². The average molecular weight is 295 g/mol. The van der Waals surface area contributed by atoms with E-state index in [2.05, 4.69) is 10.4 Å². The number of halogens is 3. The fourth-order valence-electron chi connectivity index (χ4n) is 2.23. The molecule has 3 nitrogen and oxygen atoms in total. The van der Waals surface area contributed by atoms with Gasteiger partial charge in [0.15, 0.2) is 0 Å². The number of aromatic nitrogens is 1. The molecule has 1 aromatic carbocycles. The highest BCUT2D eigenvalue weighted by molar-refractivity contribution is 5.37. The van der Waals surface area contributed by atoms with Crippen LogP contribution < -0.4 is 11.3 Å². The molecule has 0 spiro atoms. The van der Waals surface area contributed by atoms with Crippen LogP contribution in [-0.2, 0) is 6.18 Å². The second kappa shape index (κ2) is 5.83. The van der Waals surface area contributed by atoms with E-state index >= 15 is 0 Å². The molecule has 0 aliphatic heterocycles. The SMILES string of the molecule is Cc1ccc(C(NN)c2ccc(C(F)(F)F)cn2)c(C)c1. The van der Waals surface area contributed by atoms with Crippen molar-refractivity contribution in [1.29, 1.82) is 0 Å². The third-order valence-corrected chi connectivity index (χ3v) is 3.31. The predicted molar refractivity (Wildman–Crippen MR) is 74.3 cm³/mol. The Morgan fingerprint density at radius 3 is 2.33 bits per heavy atom. The molecule has 2 rings (SSSR count). The second-order valence-electron chi connectivity index (χ2n) is 4.93. The molecule has 0 saturated heterocycles. The van der Waals surface area contributed by atoms with Crippen LogP contribution in [-0.4, -0.2) is 4.98 Å². The Labute approximate surface area is 121 Å². The third kappa shape index (κ3) is 3.40. The maximum absolute atomic E-state index is 12.6. The van der Waals surface area contributed by atoms with Gasteiger partial charge in [-0.3, -0.25) is 10.8 Å². The van der Waals surface area contributed by atoms with Gasteiger partial charge >= 0.3 is 6.18 Å². The number of aryl methyl sites for hydroxylation is 2. The Hall–Kier alpha value is -1.92. The summed E-state index contributed by atoms with van der Waals surface area (Å²) in [4.78, 5) is 3.89. The molecule has 0 amide bonds. The summed E-state index contributed by atoms with van der Waals surface area (Å²) in [6.45, 7) is 3.90. The Morgan fingerprint density at radius 2 is 1.86 bits per heavy atom. The summed E-state index contributed by atoms with van der Waals surface area (Å²) in [6.07, 6.45) is -3.57. The molecule has 6 heteroatoms. The van der Waals surface area contributed by atoms with Crippen molar-refractivity contribution in [3.8, 4) is 0 Å². The number of nitrogens with one attached hydrogen (secondary N) is 1. The van der Waals surface area contributed by atoms with E-state index in [0.717, 1.165) is 29.0 Å². The summed E-state index contributed by atoms with van der Waals surface area (Å²) >= 11 is 0. The minimum Gasteiger partial charge on any atom is -0.271 e. The minimum absolute atomic E-state index is 0.442. The van der Waals surface area contributed by atoms with Gasteiger partial charge in [-0.05, 0) is 37.1 Å². The molecule has 21 heavy (non-hydrogen) atoms. The van der Waals surface area contributed by atoms with Crippen LogP contribution in [0.15, 0.2) is 36.5 Å². The Kier molecular flexibility index (Phi) is 4.29. The fourth-order valence-corrected chi connectivity index (χ4v) is 2.23. The van der Waals surface area contributed by atoms with E-state index in [0.29, 0.717) is 5.69 Å². The average Bonchev–Trinajstić information content (AvgIpc) is 2.41. The van der Waals surface area contributed by atoms with Crippen molar-refractivity contribution in [3.05, 3.63) is 64.5 Å². The van der Waals surface area contributed by atoms with Gasteiger partial charge in [0.05, 0.1) is 17.3 Å². The number of alkyl halides is 3. The van der Waals surface area contributed by atoms with Crippen molar-refractivity contribution >= 4 is 0 Å². The molecule has 0 aliphatic rings. The van der Waals surface area contributed by atoms with E-state index in [4.69, 9.17) is 5.84 Å². The first-order valence-corrected chi connectivity index (χ1v) is 6.39. The first-order chi connectivity index (χ1) is 9.82. The molecular formula is C15H16F3N3. The lowest BCUT2D eigenvalue weighted by molar-refractivity contribution is -0.137. The van der Waals surface area contributed by atoms with Crippen molar-refractivity contribution in [3.63, 3.8) is 0 Å².